The van der Waals surface area contributed by atoms with Gasteiger partial charge in [-0.2, -0.15) is 0 Å². The molecule has 1 aliphatic heterocycles. The maximum atomic E-state index is 6.13. The second-order valence-corrected chi connectivity index (χ2v) is 7.50. The van der Waals surface area contributed by atoms with Crippen LogP contribution in [0.2, 0.25) is 0 Å². The first kappa shape index (κ1) is 17.9. The number of rotatable bonds is 4. The molecule has 0 atom stereocenters. The normalized spacial score (nSPS) is 19.2. The number of hydrogen-bond donors (Lipinski definition) is 1. The summed E-state index contributed by atoms with van der Waals surface area (Å²) in [6.07, 6.45) is 2.08. The standard InChI is InChI=1S/C21H26BNO2/c1-20(2)21(3,4)25-22(24-20)19(15-23)14-16-9-8-12-18(13-16)17-10-6-5-7-11-17/h5-14H,15,23H2,1-4H3. The minimum Gasteiger partial charge on any atom is -0.400 e. The van der Waals surface area contributed by atoms with Crippen molar-refractivity contribution >= 4 is 13.2 Å². The molecule has 25 heavy (non-hydrogen) atoms. The van der Waals surface area contributed by atoms with Gasteiger partial charge in [0, 0.05) is 6.54 Å². The van der Waals surface area contributed by atoms with Gasteiger partial charge in [-0.1, -0.05) is 54.6 Å². The van der Waals surface area contributed by atoms with Crippen molar-refractivity contribution in [3.63, 3.8) is 0 Å². The molecule has 4 heteroatoms. The van der Waals surface area contributed by atoms with Crippen molar-refractivity contribution in [2.24, 2.45) is 5.73 Å². The summed E-state index contributed by atoms with van der Waals surface area (Å²) < 4.78 is 12.3. The largest absolute Gasteiger partial charge is 0.491 e. The maximum Gasteiger partial charge on any atom is 0.491 e. The third-order valence-corrected chi connectivity index (χ3v) is 5.14. The maximum absolute atomic E-state index is 6.13. The second-order valence-electron chi connectivity index (χ2n) is 7.50. The lowest BCUT2D eigenvalue weighted by Gasteiger charge is -2.32. The molecule has 0 unspecified atom stereocenters. The highest BCUT2D eigenvalue weighted by Gasteiger charge is 2.52. The summed E-state index contributed by atoms with van der Waals surface area (Å²) >= 11 is 0. The summed E-state index contributed by atoms with van der Waals surface area (Å²) in [6, 6.07) is 18.8. The van der Waals surface area contributed by atoms with Crippen molar-refractivity contribution in [1.29, 1.82) is 0 Å². The van der Waals surface area contributed by atoms with Gasteiger partial charge in [-0.05, 0) is 55.9 Å². The lowest BCUT2D eigenvalue weighted by Crippen LogP contribution is -2.41. The molecule has 3 nitrogen and oxygen atoms in total. The van der Waals surface area contributed by atoms with Crippen LogP contribution in [-0.2, 0) is 9.31 Å². The smallest absolute Gasteiger partial charge is 0.400 e. The molecule has 0 amide bonds. The molecule has 0 spiro atoms. The van der Waals surface area contributed by atoms with Crippen LogP contribution in [-0.4, -0.2) is 24.9 Å². The van der Waals surface area contributed by atoms with E-state index in [0.717, 1.165) is 11.0 Å². The SMILES string of the molecule is CC1(C)OB(C(=Cc2cccc(-c3ccccc3)c2)CN)OC1(C)C. The van der Waals surface area contributed by atoms with Crippen LogP contribution in [0.1, 0.15) is 33.3 Å². The zero-order chi connectivity index (χ0) is 18.1. The fraction of sp³-hybridized carbons (Fsp3) is 0.333. The van der Waals surface area contributed by atoms with Gasteiger partial charge in [-0.15, -0.1) is 0 Å². The molecule has 1 saturated heterocycles. The van der Waals surface area contributed by atoms with Crippen molar-refractivity contribution in [3.8, 4) is 11.1 Å². The van der Waals surface area contributed by atoms with Gasteiger partial charge in [-0.25, -0.2) is 0 Å². The van der Waals surface area contributed by atoms with Crippen LogP contribution in [0.3, 0.4) is 0 Å². The quantitative estimate of drug-likeness (QED) is 0.846. The van der Waals surface area contributed by atoms with Gasteiger partial charge >= 0.3 is 7.12 Å². The van der Waals surface area contributed by atoms with E-state index in [1.165, 1.54) is 11.1 Å². The van der Waals surface area contributed by atoms with Crippen LogP contribution in [0, 0.1) is 0 Å². The Morgan fingerprint density at radius 1 is 0.920 bits per heavy atom. The highest BCUT2D eigenvalue weighted by Crippen LogP contribution is 2.38. The highest BCUT2D eigenvalue weighted by molar-refractivity contribution is 6.55. The van der Waals surface area contributed by atoms with Crippen LogP contribution in [0.4, 0.5) is 0 Å². The Hall–Kier alpha value is -1.88. The molecular weight excluding hydrogens is 309 g/mol. The summed E-state index contributed by atoms with van der Waals surface area (Å²) in [4.78, 5) is 0. The summed E-state index contributed by atoms with van der Waals surface area (Å²) in [5.41, 5.74) is 9.69. The predicted octanol–water partition coefficient (Wildman–Crippen LogP) is 4.33. The molecule has 1 heterocycles. The third kappa shape index (κ3) is 3.71. The minimum absolute atomic E-state index is 0.363. The van der Waals surface area contributed by atoms with Crippen LogP contribution in [0.25, 0.3) is 17.2 Å². The van der Waals surface area contributed by atoms with Gasteiger partial charge in [0.25, 0.3) is 0 Å². The van der Waals surface area contributed by atoms with Gasteiger partial charge in [0.05, 0.1) is 11.2 Å². The van der Waals surface area contributed by atoms with E-state index in [1.54, 1.807) is 0 Å². The first-order chi connectivity index (χ1) is 11.8. The monoisotopic (exact) mass is 335 g/mol. The summed E-state index contributed by atoms with van der Waals surface area (Å²) in [5.74, 6) is 0. The minimum atomic E-state index is -0.407. The first-order valence-corrected chi connectivity index (χ1v) is 8.74. The Bertz CT molecular complexity index is 752. The Balaban J connectivity index is 1.89. The van der Waals surface area contributed by atoms with Gasteiger partial charge in [0.15, 0.2) is 0 Å². The van der Waals surface area contributed by atoms with Crippen molar-refractivity contribution in [1.82, 2.24) is 0 Å². The number of hydrogen-bond acceptors (Lipinski definition) is 3. The highest BCUT2D eigenvalue weighted by atomic mass is 16.7. The van der Waals surface area contributed by atoms with Crippen molar-refractivity contribution in [3.05, 3.63) is 65.6 Å². The average molecular weight is 335 g/mol. The van der Waals surface area contributed by atoms with Gasteiger partial charge in [0.1, 0.15) is 0 Å². The van der Waals surface area contributed by atoms with E-state index in [-0.39, 0.29) is 11.2 Å². The van der Waals surface area contributed by atoms with E-state index in [2.05, 4.69) is 70.2 Å². The van der Waals surface area contributed by atoms with Gasteiger partial charge in [-0.3, -0.25) is 0 Å². The van der Waals surface area contributed by atoms with Crippen molar-refractivity contribution in [2.45, 2.75) is 38.9 Å². The molecule has 1 aliphatic rings. The molecular formula is C21H26BNO2. The van der Waals surface area contributed by atoms with Crippen LogP contribution in [0.5, 0.6) is 0 Å². The molecule has 130 valence electrons. The lowest BCUT2D eigenvalue weighted by atomic mass is 9.77. The summed E-state index contributed by atoms with van der Waals surface area (Å²) in [6.45, 7) is 8.61. The van der Waals surface area contributed by atoms with Gasteiger partial charge in [0.2, 0.25) is 0 Å². The predicted molar refractivity (Wildman–Crippen MR) is 105 cm³/mol. The third-order valence-electron chi connectivity index (χ3n) is 5.14. The topological polar surface area (TPSA) is 44.5 Å². The van der Waals surface area contributed by atoms with E-state index in [0.29, 0.717) is 6.54 Å². The number of benzene rings is 2. The van der Waals surface area contributed by atoms with Crippen LogP contribution in [0.15, 0.2) is 60.1 Å². The van der Waals surface area contributed by atoms with E-state index in [4.69, 9.17) is 15.0 Å². The van der Waals surface area contributed by atoms with E-state index >= 15 is 0 Å². The molecule has 0 saturated carbocycles. The molecule has 1 fully saturated rings. The Morgan fingerprint density at radius 3 is 2.12 bits per heavy atom. The first-order valence-electron chi connectivity index (χ1n) is 8.74. The fourth-order valence-electron chi connectivity index (χ4n) is 2.87. The van der Waals surface area contributed by atoms with Crippen molar-refractivity contribution in [2.75, 3.05) is 6.54 Å². The van der Waals surface area contributed by atoms with Gasteiger partial charge < -0.3 is 15.0 Å². The Kier molecular flexibility index (Phi) is 4.87. The van der Waals surface area contributed by atoms with E-state index < -0.39 is 7.12 Å². The Labute approximate surface area is 151 Å². The van der Waals surface area contributed by atoms with Crippen LogP contribution >= 0.6 is 0 Å². The summed E-state index contributed by atoms with van der Waals surface area (Å²) in [7, 11) is -0.407. The fourth-order valence-corrected chi connectivity index (χ4v) is 2.87. The number of nitrogens with two attached hydrogens (primary N) is 1. The molecule has 3 rings (SSSR count). The lowest BCUT2D eigenvalue weighted by molar-refractivity contribution is 0.00578. The average Bonchev–Trinajstić information content (AvgIpc) is 2.81. The molecule has 2 N–H and O–H groups in total. The molecule has 0 bridgehead atoms. The molecule has 0 radical (unpaired) electrons. The zero-order valence-corrected chi connectivity index (χ0v) is 15.5. The van der Waals surface area contributed by atoms with Crippen molar-refractivity contribution < 1.29 is 9.31 Å². The van der Waals surface area contributed by atoms with Crippen LogP contribution < -0.4 is 5.73 Å². The van der Waals surface area contributed by atoms with E-state index in [9.17, 15) is 0 Å². The molecule has 2 aromatic rings. The molecule has 0 aliphatic carbocycles. The molecule has 2 aromatic carbocycles. The summed E-state index contributed by atoms with van der Waals surface area (Å²) in [5, 5.41) is 0. The molecule has 0 aromatic heterocycles. The Morgan fingerprint density at radius 2 is 1.52 bits per heavy atom. The zero-order valence-electron chi connectivity index (χ0n) is 15.5. The van der Waals surface area contributed by atoms with E-state index in [1.807, 2.05) is 18.2 Å². The second kappa shape index (κ2) is 6.79.